The molecule has 416 valence electrons. The summed E-state index contributed by atoms with van der Waals surface area (Å²) in [7, 11) is 6.48. The second kappa shape index (κ2) is 27.9. The van der Waals surface area contributed by atoms with E-state index in [2.05, 4.69) is 21.3 Å². The summed E-state index contributed by atoms with van der Waals surface area (Å²) in [4.78, 5) is 114. The van der Waals surface area contributed by atoms with Crippen molar-refractivity contribution in [2.24, 2.45) is 23.7 Å². The van der Waals surface area contributed by atoms with Crippen LogP contribution in [0.5, 0.6) is 0 Å². The molecule has 2 bridgehead atoms. The average molecular weight is 1050 g/mol. The molecule has 18 heteroatoms. The molecule has 0 radical (unpaired) electrons. The highest BCUT2D eigenvalue weighted by molar-refractivity contribution is 6.12. The zero-order valence-electron chi connectivity index (χ0n) is 46.3. The standard InChI is InChI=1S/C58H84N8O10/c1-10-37(4)53(64(7)58(74)51(36(2)3)62-56(72)52-41-24-25-42(33-41)60-52)46(75-8)34-50(70)65-31-17-20-45(65)54(76-9)38(5)55(71)61-44(32-39-18-13-11-14-19-39)57(73)63(6)43-26-22-40(23-27-43)35-59-47(67)21-15-12-16-30-66-48(68)28-29-49(66)69/h11,13-14,18-19,22-23,26-29,36-38,41-42,44-46,51-54,60H,10,12,15-17,20-21,24-25,30-35H2,1-9H3,(H,59,67)(H,61,71)(H,62,72)/t37-,38+,41-,42+,44-,45-,46+,51-,52-,53-,54+/m0/s1. The van der Waals surface area contributed by atoms with E-state index in [0.29, 0.717) is 76.3 Å². The minimum Gasteiger partial charge on any atom is -0.379 e. The Morgan fingerprint density at radius 3 is 2.12 bits per heavy atom. The lowest BCUT2D eigenvalue weighted by atomic mass is 9.89. The van der Waals surface area contributed by atoms with Gasteiger partial charge in [0.25, 0.3) is 11.8 Å². The fourth-order valence-electron chi connectivity index (χ4n) is 11.7. The first-order valence-electron chi connectivity index (χ1n) is 27.6. The average Bonchev–Trinajstić information content (AvgIpc) is 4.26. The molecule has 2 saturated heterocycles. The van der Waals surface area contributed by atoms with Crippen molar-refractivity contribution in [3.8, 4) is 0 Å². The fourth-order valence-corrected chi connectivity index (χ4v) is 11.7. The Kier molecular flexibility index (Phi) is 21.7. The van der Waals surface area contributed by atoms with Gasteiger partial charge in [-0.2, -0.15) is 0 Å². The molecule has 6 rings (SSSR count). The zero-order chi connectivity index (χ0) is 55.2. The molecule has 8 amide bonds. The van der Waals surface area contributed by atoms with Gasteiger partial charge in [-0.25, -0.2) is 0 Å². The summed E-state index contributed by atoms with van der Waals surface area (Å²) in [5.74, 6) is -2.77. The zero-order valence-corrected chi connectivity index (χ0v) is 46.3. The molecule has 1 aliphatic carbocycles. The lowest BCUT2D eigenvalue weighted by Gasteiger charge is -2.41. The van der Waals surface area contributed by atoms with E-state index in [4.69, 9.17) is 9.47 Å². The Labute approximate surface area is 449 Å². The van der Waals surface area contributed by atoms with E-state index in [1.54, 1.807) is 50.1 Å². The van der Waals surface area contributed by atoms with Crippen molar-refractivity contribution in [2.45, 2.75) is 167 Å². The molecule has 4 N–H and O–H groups in total. The van der Waals surface area contributed by atoms with Crippen LogP contribution >= 0.6 is 0 Å². The van der Waals surface area contributed by atoms with Gasteiger partial charge in [-0.3, -0.25) is 43.3 Å². The van der Waals surface area contributed by atoms with Crippen molar-refractivity contribution in [1.82, 2.24) is 36.0 Å². The van der Waals surface area contributed by atoms with Crippen LogP contribution in [0, 0.1) is 23.7 Å². The molecule has 76 heavy (non-hydrogen) atoms. The maximum Gasteiger partial charge on any atom is 0.253 e. The van der Waals surface area contributed by atoms with Crippen molar-refractivity contribution in [3.63, 3.8) is 0 Å². The number of amides is 8. The SMILES string of the molecule is CC[C@H](C)[C@@H]([C@@H](CC(=O)N1CCC[C@H]1[C@H](OC)[C@@H](C)C(=O)N[C@@H](Cc1ccccc1)C(=O)N(C)c1ccc(CNC(=O)CCCCCN2C(=O)C=CC2=O)cc1)OC)N(C)C(=O)[C@@H](NC(=O)[C@H]1N[C@@H]2CC[C@H]1C2)C(C)C. The number of carbonyl (C=O) groups excluding carboxylic acids is 8. The summed E-state index contributed by atoms with van der Waals surface area (Å²) in [6.07, 6.45) is 8.65. The molecule has 3 fully saturated rings. The summed E-state index contributed by atoms with van der Waals surface area (Å²) in [5.41, 5.74) is 2.28. The van der Waals surface area contributed by atoms with Crippen molar-refractivity contribution in [3.05, 3.63) is 77.9 Å². The van der Waals surface area contributed by atoms with Gasteiger partial charge in [-0.05, 0) is 86.0 Å². The van der Waals surface area contributed by atoms with Crippen molar-refractivity contribution in [1.29, 1.82) is 0 Å². The number of hydrogen-bond donors (Lipinski definition) is 4. The van der Waals surface area contributed by atoms with Gasteiger partial charge in [0.2, 0.25) is 35.4 Å². The number of anilines is 1. The molecule has 0 unspecified atom stereocenters. The second-order valence-electron chi connectivity index (χ2n) is 21.8. The van der Waals surface area contributed by atoms with Gasteiger partial charge in [0, 0.05) is 84.7 Å². The van der Waals surface area contributed by atoms with Gasteiger partial charge in [-0.1, -0.05) is 89.9 Å². The van der Waals surface area contributed by atoms with Gasteiger partial charge in [0.05, 0.1) is 42.7 Å². The summed E-state index contributed by atoms with van der Waals surface area (Å²) in [6.45, 7) is 10.8. The third kappa shape index (κ3) is 14.9. The predicted octanol–water partition coefficient (Wildman–Crippen LogP) is 4.68. The van der Waals surface area contributed by atoms with Crippen molar-refractivity contribution < 1.29 is 47.8 Å². The van der Waals surface area contributed by atoms with Crippen LogP contribution in [0.15, 0.2) is 66.7 Å². The molecule has 3 aliphatic heterocycles. The maximum atomic E-state index is 14.6. The van der Waals surface area contributed by atoms with Gasteiger partial charge in [0.15, 0.2) is 0 Å². The van der Waals surface area contributed by atoms with Crippen LogP contribution in [0.1, 0.15) is 116 Å². The van der Waals surface area contributed by atoms with Crippen LogP contribution in [0.4, 0.5) is 5.69 Å². The van der Waals surface area contributed by atoms with E-state index < -0.39 is 48.2 Å². The number of fused-ring (bicyclic) bond motifs is 2. The van der Waals surface area contributed by atoms with Gasteiger partial charge >= 0.3 is 0 Å². The van der Waals surface area contributed by atoms with Crippen molar-refractivity contribution in [2.75, 3.05) is 46.3 Å². The van der Waals surface area contributed by atoms with Gasteiger partial charge < -0.3 is 45.4 Å². The molecular weight excluding hydrogens is 969 g/mol. The number of nitrogens with zero attached hydrogens (tertiary/aromatic N) is 4. The van der Waals surface area contributed by atoms with Crippen LogP contribution in [-0.2, 0) is 60.8 Å². The maximum absolute atomic E-state index is 14.6. The number of unbranched alkanes of at least 4 members (excludes halogenated alkanes) is 2. The van der Waals surface area contributed by atoms with Crippen LogP contribution in [0.25, 0.3) is 0 Å². The largest absolute Gasteiger partial charge is 0.379 e. The molecule has 4 aliphatic rings. The van der Waals surface area contributed by atoms with E-state index in [1.165, 1.54) is 29.1 Å². The quantitative estimate of drug-likeness (QED) is 0.0678. The molecule has 11 atom stereocenters. The molecular formula is C58H84N8O10. The topological polar surface area (TPSA) is 216 Å². The number of nitrogens with one attached hydrogen (secondary N) is 4. The highest BCUT2D eigenvalue weighted by Crippen LogP contribution is 2.36. The summed E-state index contributed by atoms with van der Waals surface area (Å²) in [6, 6.07) is 14.1. The number of methoxy groups -OCH3 is 2. The van der Waals surface area contributed by atoms with Crippen LogP contribution in [-0.4, -0.2) is 152 Å². The molecule has 0 aromatic heterocycles. The van der Waals surface area contributed by atoms with Crippen LogP contribution < -0.4 is 26.2 Å². The number of benzene rings is 2. The smallest absolute Gasteiger partial charge is 0.253 e. The van der Waals surface area contributed by atoms with Crippen LogP contribution in [0.2, 0.25) is 0 Å². The number of imide groups is 1. The fraction of sp³-hybridized carbons (Fsp3) is 0.621. The van der Waals surface area contributed by atoms with E-state index in [9.17, 15) is 38.4 Å². The van der Waals surface area contributed by atoms with E-state index in [1.807, 2.05) is 70.2 Å². The molecule has 3 heterocycles. The third-order valence-corrected chi connectivity index (χ3v) is 16.4. The number of piperidine rings is 1. The highest BCUT2D eigenvalue weighted by Gasteiger charge is 2.46. The van der Waals surface area contributed by atoms with Crippen LogP contribution in [0.3, 0.4) is 0 Å². The number of hydrogen-bond acceptors (Lipinski definition) is 11. The Morgan fingerprint density at radius 1 is 0.816 bits per heavy atom. The minimum absolute atomic E-state index is 0.0191. The Bertz CT molecular complexity index is 2350. The Balaban J connectivity index is 1.06. The van der Waals surface area contributed by atoms with E-state index >= 15 is 0 Å². The molecule has 18 nitrogen and oxygen atoms in total. The van der Waals surface area contributed by atoms with E-state index in [0.717, 1.165) is 30.4 Å². The minimum atomic E-state index is -0.953. The number of rotatable bonds is 28. The number of carbonyl (C=O) groups is 8. The first-order chi connectivity index (χ1) is 36.4. The lowest BCUT2D eigenvalue weighted by molar-refractivity contribution is -0.148. The first kappa shape index (κ1) is 59.3. The van der Waals surface area contributed by atoms with Gasteiger partial charge in [-0.15, -0.1) is 0 Å². The summed E-state index contributed by atoms with van der Waals surface area (Å²) >= 11 is 0. The highest BCUT2D eigenvalue weighted by atomic mass is 16.5. The molecule has 2 aromatic carbocycles. The Morgan fingerprint density at radius 2 is 1.51 bits per heavy atom. The molecule has 1 saturated carbocycles. The van der Waals surface area contributed by atoms with Gasteiger partial charge in [0.1, 0.15) is 12.1 Å². The van der Waals surface area contributed by atoms with Crippen molar-refractivity contribution >= 4 is 52.9 Å². The van der Waals surface area contributed by atoms with E-state index in [-0.39, 0.29) is 78.0 Å². The molecule has 2 aromatic rings. The first-order valence-corrected chi connectivity index (χ1v) is 27.6. The monoisotopic (exact) mass is 1050 g/mol. The number of ether oxygens (including phenoxy) is 2. The lowest BCUT2D eigenvalue weighted by Crippen LogP contribution is -2.60. The third-order valence-electron chi connectivity index (χ3n) is 16.4. The Hall–Kier alpha value is -5.98. The normalized spacial score (nSPS) is 21.7. The number of likely N-dealkylation sites (tertiary alicyclic amines) is 1. The number of likely N-dealkylation sites (N-methyl/N-ethyl adjacent to an activating group) is 2. The summed E-state index contributed by atoms with van der Waals surface area (Å²) in [5, 5.41) is 12.5. The molecule has 0 spiro atoms. The summed E-state index contributed by atoms with van der Waals surface area (Å²) < 4.78 is 12.2. The second-order valence-corrected chi connectivity index (χ2v) is 21.8. The predicted molar refractivity (Wildman–Crippen MR) is 289 cm³/mol.